The normalized spacial score (nSPS) is 11.5. The molecule has 0 saturated carbocycles. The predicted molar refractivity (Wildman–Crippen MR) is 69.8 cm³/mol. The zero-order valence-electron chi connectivity index (χ0n) is 9.86. The van der Waals surface area contributed by atoms with Gasteiger partial charge >= 0.3 is 99.8 Å². The van der Waals surface area contributed by atoms with Gasteiger partial charge in [0.25, 0.3) is 0 Å². The molecule has 0 amide bonds. The van der Waals surface area contributed by atoms with Crippen LogP contribution in [0.15, 0.2) is 35.3 Å². The molecule has 0 fully saturated rings. The molecular formula is C14H20Se. The van der Waals surface area contributed by atoms with E-state index in [0.717, 1.165) is 5.92 Å². The van der Waals surface area contributed by atoms with E-state index >= 15 is 0 Å². The van der Waals surface area contributed by atoms with Crippen LogP contribution in [0.25, 0.3) is 0 Å². The summed E-state index contributed by atoms with van der Waals surface area (Å²) in [5, 5.41) is 0. The molecule has 0 aliphatic carbocycles. The molecular weight excluding hydrogens is 247 g/mol. The SMILES string of the molecule is Cc1ccc([Se]/C=C/CCC(C)C)cc1. The van der Waals surface area contributed by atoms with Crippen molar-refractivity contribution in [2.75, 3.05) is 0 Å². The monoisotopic (exact) mass is 268 g/mol. The van der Waals surface area contributed by atoms with Crippen molar-refractivity contribution >= 4 is 19.4 Å². The van der Waals surface area contributed by atoms with Crippen LogP contribution in [0.3, 0.4) is 0 Å². The average Bonchev–Trinajstić information content (AvgIpc) is 2.20. The Kier molecular flexibility index (Phi) is 5.75. The second-order valence-corrected chi connectivity index (χ2v) is 6.33. The van der Waals surface area contributed by atoms with Gasteiger partial charge in [0.2, 0.25) is 0 Å². The number of aryl methyl sites for hydroxylation is 1. The van der Waals surface area contributed by atoms with Gasteiger partial charge in [-0.25, -0.2) is 0 Å². The first-order valence-corrected chi connectivity index (χ1v) is 7.41. The van der Waals surface area contributed by atoms with Crippen molar-refractivity contribution in [2.45, 2.75) is 33.6 Å². The van der Waals surface area contributed by atoms with Crippen molar-refractivity contribution in [3.63, 3.8) is 0 Å². The molecule has 1 aromatic rings. The zero-order chi connectivity index (χ0) is 11.1. The summed E-state index contributed by atoms with van der Waals surface area (Å²) in [6.07, 6.45) is 4.87. The van der Waals surface area contributed by atoms with Gasteiger partial charge in [0.1, 0.15) is 0 Å². The molecule has 0 unspecified atom stereocenters. The maximum absolute atomic E-state index is 2.35. The maximum atomic E-state index is 2.35. The Labute approximate surface area is 99.9 Å². The van der Waals surface area contributed by atoms with E-state index in [-0.39, 0.29) is 0 Å². The van der Waals surface area contributed by atoms with Crippen LogP contribution in [0.4, 0.5) is 0 Å². The molecule has 0 bridgehead atoms. The van der Waals surface area contributed by atoms with Gasteiger partial charge in [-0.2, -0.15) is 0 Å². The minimum atomic E-state index is 0.519. The quantitative estimate of drug-likeness (QED) is 0.718. The van der Waals surface area contributed by atoms with Gasteiger partial charge < -0.3 is 0 Å². The van der Waals surface area contributed by atoms with Gasteiger partial charge in [0, 0.05) is 0 Å². The average molecular weight is 267 g/mol. The number of hydrogen-bond acceptors (Lipinski definition) is 0. The van der Waals surface area contributed by atoms with Crippen LogP contribution in [0.2, 0.25) is 0 Å². The number of benzene rings is 1. The molecule has 0 spiro atoms. The van der Waals surface area contributed by atoms with Crippen molar-refractivity contribution in [1.82, 2.24) is 0 Å². The molecule has 0 heterocycles. The Bertz CT molecular complexity index is 296. The summed E-state index contributed by atoms with van der Waals surface area (Å²) < 4.78 is 1.47. The fourth-order valence-corrected chi connectivity index (χ4v) is 2.67. The molecule has 1 heteroatoms. The van der Waals surface area contributed by atoms with Crippen LogP contribution in [0, 0.1) is 12.8 Å². The fourth-order valence-electron chi connectivity index (χ4n) is 1.24. The first-order chi connectivity index (χ1) is 7.18. The van der Waals surface area contributed by atoms with E-state index < -0.39 is 0 Å². The molecule has 0 aromatic heterocycles. The molecule has 0 aliphatic rings. The van der Waals surface area contributed by atoms with Crippen LogP contribution in [-0.2, 0) is 0 Å². The molecule has 0 aliphatic heterocycles. The van der Waals surface area contributed by atoms with Gasteiger partial charge in [-0.3, -0.25) is 0 Å². The van der Waals surface area contributed by atoms with E-state index in [2.05, 4.69) is 56.1 Å². The topological polar surface area (TPSA) is 0 Å². The van der Waals surface area contributed by atoms with Gasteiger partial charge in [-0.1, -0.05) is 0 Å². The van der Waals surface area contributed by atoms with Crippen LogP contribution in [0.5, 0.6) is 0 Å². The van der Waals surface area contributed by atoms with Gasteiger partial charge in [0.15, 0.2) is 0 Å². The summed E-state index contributed by atoms with van der Waals surface area (Å²) in [6.45, 7) is 6.69. The van der Waals surface area contributed by atoms with Gasteiger partial charge in [-0.15, -0.1) is 0 Å². The van der Waals surface area contributed by atoms with Crippen LogP contribution < -0.4 is 4.46 Å². The summed E-state index contributed by atoms with van der Waals surface area (Å²) in [6, 6.07) is 8.86. The van der Waals surface area contributed by atoms with Crippen molar-refractivity contribution < 1.29 is 0 Å². The Balaban J connectivity index is 2.27. The first-order valence-electron chi connectivity index (χ1n) is 5.57. The molecule has 0 atom stereocenters. The Morgan fingerprint density at radius 3 is 2.47 bits per heavy atom. The Morgan fingerprint density at radius 1 is 1.20 bits per heavy atom. The molecule has 1 aromatic carbocycles. The molecule has 0 radical (unpaired) electrons. The second-order valence-electron chi connectivity index (χ2n) is 4.27. The number of rotatable bonds is 5. The number of allylic oxidation sites excluding steroid dienone is 1. The zero-order valence-corrected chi connectivity index (χ0v) is 11.6. The van der Waals surface area contributed by atoms with Crippen molar-refractivity contribution in [1.29, 1.82) is 0 Å². The summed E-state index contributed by atoms with van der Waals surface area (Å²) in [4.78, 5) is 2.35. The third-order valence-corrected chi connectivity index (χ3v) is 4.06. The standard InChI is InChI=1S/C14H20Se/c1-12(2)6-4-5-11-15-14-9-7-13(3)8-10-14/h5,7-12H,4,6H2,1-3H3/b11-5+. The second kappa shape index (κ2) is 6.87. The van der Waals surface area contributed by atoms with Gasteiger partial charge in [-0.05, 0) is 0 Å². The van der Waals surface area contributed by atoms with E-state index in [1.165, 1.54) is 22.9 Å². The third kappa shape index (κ3) is 5.81. The fraction of sp³-hybridized carbons (Fsp3) is 0.429. The molecule has 1 rings (SSSR count). The summed E-state index contributed by atoms with van der Waals surface area (Å²) in [5.74, 6) is 0.821. The summed E-state index contributed by atoms with van der Waals surface area (Å²) >= 11 is 0.519. The molecule has 0 N–H and O–H groups in total. The first kappa shape index (κ1) is 12.5. The van der Waals surface area contributed by atoms with Gasteiger partial charge in [0.05, 0.1) is 0 Å². The summed E-state index contributed by atoms with van der Waals surface area (Å²) in [7, 11) is 0. The van der Waals surface area contributed by atoms with Crippen LogP contribution >= 0.6 is 0 Å². The third-order valence-electron chi connectivity index (χ3n) is 2.23. The molecule has 82 valence electrons. The van der Waals surface area contributed by atoms with Crippen LogP contribution in [-0.4, -0.2) is 15.0 Å². The number of hydrogen-bond donors (Lipinski definition) is 0. The van der Waals surface area contributed by atoms with Crippen molar-refractivity contribution in [2.24, 2.45) is 5.92 Å². The van der Waals surface area contributed by atoms with E-state index in [4.69, 9.17) is 0 Å². The minimum absolute atomic E-state index is 0.519. The van der Waals surface area contributed by atoms with E-state index in [0.29, 0.717) is 15.0 Å². The predicted octanol–water partition coefficient (Wildman–Crippen LogP) is 3.27. The molecule has 0 nitrogen and oxygen atoms in total. The molecule has 0 saturated heterocycles. The van der Waals surface area contributed by atoms with E-state index in [9.17, 15) is 0 Å². The Morgan fingerprint density at radius 2 is 1.87 bits per heavy atom. The van der Waals surface area contributed by atoms with E-state index in [1.807, 2.05) is 0 Å². The van der Waals surface area contributed by atoms with Crippen molar-refractivity contribution in [3.05, 3.63) is 40.9 Å². The van der Waals surface area contributed by atoms with Crippen molar-refractivity contribution in [3.8, 4) is 0 Å². The molecule has 15 heavy (non-hydrogen) atoms. The van der Waals surface area contributed by atoms with Crippen LogP contribution in [0.1, 0.15) is 32.3 Å². The summed E-state index contributed by atoms with van der Waals surface area (Å²) in [5.41, 5.74) is 1.35. The van der Waals surface area contributed by atoms with E-state index in [1.54, 1.807) is 0 Å². The Hall–Kier alpha value is -0.521.